The molecule has 0 saturated carbocycles. The van der Waals surface area contributed by atoms with Gasteiger partial charge in [0.05, 0.1) is 19.3 Å². The summed E-state index contributed by atoms with van der Waals surface area (Å²) in [6.07, 6.45) is -0.00231. The smallest absolute Gasteiger partial charge is 0.160 e. The molecule has 0 spiro atoms. The van der Waals surface area contributed by atoms with Crippen molar-refractivity contribution in [3.05, 3.63) is 0 Å². The molecule has 4 atom stereocenters. The molecule has 0 amide bonds. The largest absolute Gasteiger partial charge is 0.372 e. The average Bonchev–Trinajstić information content (AvgIpc) is 2.39. The Labute approximate surface area is 65.8 Å². The zero-order chi connectivity index (χ0) is 8.06. The number of nitrogens with two attached hydrogens (primary N) is 2. The normalized spacial score (nSPS) is 56.5. The average molecular weight is 158 g/mol. The first-order chi connectivity index (χ1) is 5.14. The zero-order valence-corrected chi connectivity index (χ0v) is 6.62. The summed E-state index contributed by atoms with van der Waals surface area (Å²) in [4.78, 5) is 0. The molecule has 0 bridgehead atoms. The van der Waals surface area contributed by atoms with E-state index in [0.717, 1.165) is 0 Å². The van der Waals surface area contributed by atoms with Gasteiger partial charge in [-0.15, -0.1) is 0 Å². The van der Waals surface area contributed by atoms with Gasteiger partial charge in [0.1, 0.15) is 6.10 Å². The highest BCUT2D eigenvalue weighted by atomic mass is 16.6. The molecule has 64 valence electrons. The molecular formula is C7H14N2O2. The standard InChI is InChI=1S/C7H14N2O2/c1-4-2-11-7(9)5(8)3-10-6(4)7/h4-6H,2-3,8-9H2,1H3. The van der Waals surface area contributed by atoms with Crippen LogP contribution in [0.3, 0.4) is 0 Å². The van der Waals surface area contributed by atoms with Gasteiger partial charge in [-0.05, 0) is 0 Å². The third-order valence-corrected chi connectivity index (χ3v) is 2.59. The van der Waals surface area contributed by atoms with Crippen LogP contribution in [0.5, 0.6) is 0 Å². The molecule has 2 rings (SSSR count). The molecule has 4 unspecified atom stereocenters. The molecule has 0 aromatic carbocycles. The fourth-order valence-electron chi connectivity index (χ4n) is 1.84. The zero-order valence-electron chi connectivity index (χ0n) is 6.62. The summed E-state index contributed by atoms with van der Waals surface area (Å²) in [6.45, 7) is 3.25. The molecule has 2 heterocycles. The Bertz CT molecular complexity index is 176. The van der Waals surface area contributed by atoms with E-state index in [1.54, 1.807) is 0 Å². The highest BCUT2D eigenvalue weighted by Gasteiger charge is 2.55. The van der Waals surface area contributed by atoms with Gasteiger partial charge in [-0.25, -0.2) is 0 Å². The Morgan fingerprint density at radius 1 is 1.45 bits per heavy atom. The lowest BCUT2D eigenvalue weighted by Gasteiger charge is -2.25. The summed E-state index contributed by atoms with van der Waals surface area (Å²) in [5.74, 6) is 0.369. The van der Waals surface area contributed by atoms with Crippen LogP contribution >= 0.6 is 0 Å². The maximum Gasteiger partial charge on any atom is 0.160 e. The van der Waals surface area contributed by atoms with Crippen LogP contribution in [-0.4, -0.2) is 31.1 Å². The molecule has 0 aromatic heterocycles. The molecule has 2 fully saturated rings. The van der Waals surface area contributed by atoms with Crippen molar-refractivity contribution in [2.75, 3.05) is 13.2 Å². The van der Waals surface area contributed by atoms with E-state index < -0.39 is 5.72 Å². The Morgan fingerprint density at radius 2 is 2.18 bits per heavy atom. The summed E-state index contributed by atoms with van der Waals surface area (Å²) < 4.78 is 10.8. The first kappa shape index (κ1) is 7.49. The van der Waals surface area contributed by atoms with E-state index in [1.807, 2.05) is 0 Å². The van der Waals surface area contributed by atoms with E-state index in [2.05, 4.69) is 6.92 Å². The van der Waals surface area contributed by atoms with Gasteiger partial charge in [-0.3, -0.25) is 5.73 Å². The van der Waals surface area contributed by atoms with E-state index in [-0.39, 0.29) is 12.1 Å². The summed E-state index contributed by atoms with van der Waals surface area (Å²) in [5.41, 5.74) is 11.0. The number of ether oxygens (including phenoxy) is 2. The minimum absolute atomic E-state index is 0.00231. The van der Waals surface area contributed by atoms with Gasteiger partial charge in [0.15, 0.2) is 5.72 Å². The second-order valence-electron chi connectivity index (χ2n) is 3.50. The quantitative estimate of drug-likeness (QED) is 0.476. The molecule has 4 nitrogen and oxygen atoms in total. The Balaban J connectivity index is 2.23. The minimum atomic E-state index is -0.709. The van der Waals surface area contributed by atoms with E-state index in [1.165, 1.54) is 0 Å². The predicted octanol–water partition coefficient (Wildman–Crippen LogP) is -0.966. The van der Waals surface area contributed by atoms with Crippen LogP contribution < -0.4 is 11.5 Å². The van der Waals surface area contributed by atoms with Gasteiger partial charge < -0.3 is 15.2 Å². The molecule has 2 aliphatic rings. The molecule has 4 N–H and O–H groups in total. The van der Waals surface area contributed by atoms with Crippen LogP contribution in [0.4, 0.5) is 0 Å². The number of hydrogen-bond acceptors (Lipinski definition) is 4. The molecule has 2 saturated heterocycles. The number of hydrogen-bond donors (Lipinski definition) is 2. The van der Waals surface area contributed by atoms with Crippen LogP contribution in [-0.2, 0) is 9.47 Å². The van der Waals surface area contributed by atoms with E-state index in [0.29, 0.717) is 19.1 Å². The Kier molecular flexibility index (Phi) is 1.47. The van der Waals surface area contributed by atoms with Crippen LogP contribution in [0.1, 0.15) is 6.92 Å². The van der Waals surface area contributed by atoms with Crippen molar-refractivity contribution < 1.29 is 9.47 Å². The maximum absolute atomic E-state index is 5.93. The van der Waals surface area contributed by atoms with Crippen LogP contribution in [0.15, 0.2) is 0 Å². The highest BCUT2D eigenvalue weighted by molar-refractivity contribution is 5.04. The van der Waals surface area contributed by atoms with Gasteiger partial charge in [0.2, 0.25) is 0 Å². The Hall–Kier alpha value is -0.160. The molecular weight excluding hydrogens is 144 g/mol. The first-order valence-corrected chi connectivity index (χ1v) is 3.94. The molecule has 2 aliphatic heterocycles. The van der Waals surface area contributed by atoms with Crippen molar-refractivity contribution in [1.82, 2.24) is 0 Å². The van der Waals surface area contributed by atoms with Crippen LogP contribution in [0.25, 0.3) is 0 Å². The molecule has 11 heavy (non-hydrogen) atoms. The van der Waals surface area contributed by atoms with Crippen molar-refractivity contribution in [3.63, 3.8) is 0 Å². The van der Waals surface area contributed by atoms with Gasteiger partial charge in [0.25, 0.3) is 0 Å². The second-order valence-corrected chi connectivity index (χ2v) is 3.50. The summed E-state index contributed by atoms with van der Waals surface area (Å²) in [6, 6.07) is -0.169. The maximum atomic E-state index is 5.93. The molecule has 0 aromatic rings. The SMILES string of the molecule is CC1COC2(N)C(N)COC12. The van der Waals surface area contributed by atoms with Gasteiger partial charge in [0, 0.05) is 5.92 Å². The molecule has 4 heteroatoms. The van der Waals surface area contributed by atoms with E-state index in [9.17, 15) is 0 Å². The van der Waals surface area contributed by atoms with Crippen molar-refractivity contribution in [3.8, 4) is 0 Å². The summed E-state index contributed by atoms with van der Waals surface area (Å²) in [5, 5.41) is 0. The monoisotopic (exact) mass is 158 g/mol. The number of fused-ring (bicyclic) bond motifs is 1. The fourth-order valence-corrected chi connectivity index (χ4v) is 1.84. The third kappa shape index (κ3) is 0.840. The van der Waals surface area contributed by atoms with Gasteiger partial charge in [-0.2, -0.15) is 0 Å². The van der Waals surface area contributed by atoms with Gasteiger partial charge in [-0.1, -0.05) is 6.92 Å². The summed E-state index contributed by atoms with van der Waals surface area (Å²) in [7, 11) is 0. The highest BCUT2D eigenvalue weighted by Crippen LogP contribution is 2.35. The third-order valence-electron chi connectivity index (χ3n) is 2.59. The van der Waals surface area contributed by atoms with Crippen LogP contribution in [0.2, 0.25) is 0 Å². The van der Waals surface area contributed by atoms with Crippen LogP contribution in [0, 0.1) is 5.92 Å². The van der Waals surface area contributed by atoms with Gasteiger partial charge >= 0.3 is 0 Å². The topological polar surface area (TPSA) is 70.5 Å². The lowest BCUT2D eigenvalue weighted by Crippen LogP contribution is -2.57. The van der Waals surface area contributed by atoms with E-state index >= 15 is 0 Å². The summed E-state index contributed by atoms with van der Waals surface area (Å²) >= 11 is 0. The fraction of sp³-hybridized carbons (Fsp3) is 1.00. The van der Waals surface area contributed by atoms with Crippen molar-refractivity contribution in [1.29, 1.82) is 0 Å². The number of rotatable bonds is 0. The second kappa shape index (κ2) is 2.17. The lowest BCUT2D eigenvalue weighted by molar-refractivity contribution is -0.0234. The lowest BCUT2D eigenvalue weighted by atomic mass is 9.97. The van der Waals surface area contributed by atoms with E-state index in [4.69, 9.17) is 20.9 Å². The Morgan fingerprint density at radius 3 is 2.82 bits per heavy atom. The first-order valence-electron chi connectivity index (χ1n) is 3.94. The minimum Gasteiger partial charge on any atom is -0.372 e. The van der Waals surface area contributed by atoms with Crippen molar-refractivity contribution in [2.24, 2.45) is 17.4 Å². The van der Waals surface area contributed by atoms with Crippen molar-refractivity contribution in [2.45, 2.75) is 24.8 Å². The molecule has 0 aliphatic carbocycles. The van der Waals surface area contributed by atoms with Crippen molar-refractivity contribution >= 4 is 0 Å². The predicted molar refractivity (Wildman–Crippen MR) is 39.7 cm³/mol. The molecule has 0 radical (unpaired) electrons.